The molecule has 1 N–H and O–H groups in total. The Bertz CT molecular complexity index is 1180. The van der Waals surface area contributed by atoms with E-state index in [1.807, 2.05) is 25.1 Å². The Hall–Kier alpha value is -3.74. The van der Waals surface area contributed by atoms with Crippen molar-refractivity contribution in [1.29, 1.82) is 0 Å². The van der Waals surface area contributed by atoms with Gasteiger partial charge in [-0.1, -0.05) is 30.3 Å². The summed E-state index contributed by atoms with van der Waals surface area (Å²) in [4.78, 5) is 28.9. The molecule has 0 fully saturated rings. The Morgan fingerprint density at radius 3 is 2.74 bits per heavy atom. The van der Waals surface area contributed by atoms with Gasteiger partial charge < -0.3 is 9.73 Å². The summed E-state index contributed by atoms with van der Waals surface area (Å²) >= 11 is 0. The van der Waals surface area contributed by atoms with Gasteiger partial charge in [-0.3, -0.25) is 9.59 Å². The molecule has 27 heavy (non-hydrogen) atoms. The van der Waals surface area contributed by atoms with Crippen LogP contribution in [0.3, 0.4) is 0 Å². The fourth-order valence-corrected chi connectivity index (χ4v) is 2.96. The molecule has 134 valence electrons. The molecule has 0 aliphatic heterocycles. The molecule has 2 aromatic carbocycles. The summed E-state index contributed by atoms with van der Waals surface area (Å²) in [6.07, 6.45) is 2.95. The maximum Gasteiger partial charge on any atom is 0.275 e. The molecule has 2 heterocycles. The van der Waals surface area contributed by atoms with Crippen molar-refractivity contribution in [2.75, 3.05) is 5.32 Å². The second-order valence-corrected chi connectivity index (χ2v) is 6.09. The van der Waals surface area contributed by atoms with Gasteiger partial charge in [-0.05, 0) is 25.1 Å². The molecule has 0 saturated heterocycles. The van der Waals surface area contributed by atoms with Gasteiger partial charge in [0.2, 0.25) is 5.91 Å². The number of aryl methyl sites for hydroxylation is 1. The second kappa shape index (κ2) is 6.87. The zero-order valence-electron chi connectivity index (χ0n) is 14.5. The van der Waals surface area contributed by atoms with Crippen molar-refractivity contribution in [2.24, 2.45) is 0 Å². The number of hydrogen-bond acceptors (Lipinski definition) is 5. The van der Waals surface area contributed by atoms with E-state index in [-0.39, 0.29) is 18.0 Å². The molecule has 1 amide bonds. The maximum absolute atomic E-state index is 12.6. The minimum absolute atomic E-state index is 0.170. The fraction of sp³-hybridized carbons (Fsp3) is 0.100. The fourth-order valence-electron chi connectivity index (χ4n) is 2.96. The predicted octanol–water partition coefficient (Wildman–Crippen LogP) is 3.00. The lowest BCUT2D eigenvalue weighted by atomic mass is 10.1. The summed E-state index contributed by atoms with van der Waals surface area (Å²) in [6, 6.07) is 14.4. The number of carbonyl (C=O) groups excluding carboxylic acids is 1. The lowest BCUT2D eigenvalue weighted by molar-refractivity contribution is -0.117. The number of nitrogens with one attached hydrogen (secondary N) is 1. The van der Waals surface area contributed by atoms with Crippen molar-refractivity contribution >= 4 is 22.4 Å². The first-order valence-corrected chi connectivity index (χ1v) is 8.37. The lowest BCUT2D eigenvalue weighted by Crippen LogP contribution is -2.30. The summed E-state index contributed by atoms with van der Waals surface area (Å²) in [6.45, 7) is 1.65. The molecule has 0 bridgehead atoms. The number of carbonyl (C=O) groups is 1. The SMILES string of the molecule is Cc1nn(CC(=O)Nc2cccc(-c3cnco3)c2)c(=O)c2ccccc12. The number of amides is 1. The van der Waals surface area contributed by atoms with E-state index in [1.165, 1.54) is 11.1 Å². The quantitative estimate of drug-likeness (QED) is 0.604. The largest absolute Gasteiger partial charge is 0.444 e. The normalized spacial score (nSPS) is 10.9. The zero-order chi connectivity index (χ0) is 18.8. The van der Waals surface area contributed by atoms with Gasteiger partial charge in [-0.2, -0.15) is 5.10 Å². The first-order valence-electron chi connectivity index (χ1n) is 8.37. The number of hydrogen-bond donors (Lipinski definition) is 1. The number of oxazole rings is 1. The van der Waals surface area contributed by atoms with Gasteiger partial charge in [0.1, 0.15) is 6.54 Å². The van der Waals surface area contributed by atoms with Gasteiger partial charge >= 0.3 is 0 Å². The van der Waals surface area contributed by atoms with Crippen LogP contribution < -0.4 is 10.9 Å². The molecule has 0 saturated carbocycles. The van der Waals surface area contributed by atoms with Crippen molar-refractivity contribution < 1.29 is 9.21 Å². The van der Waals surface area contributed by atoms with Gasteiger partial charge in [-0.25, -0.2) is 9.67 Å². The predicted molar refractivity (Wildman–Crippen MR) is 101 cm³/mol. The van der Waals surface area contributed by atoms with Crippen LogP contribution in [0, 0.1) is 6.92 Å². The molecule has 4 aromatic rings. The van der Waals surface area contributed by atoms with E-state index < -0.39 is 0 Å². The van der Waals surface area contributed by atoms with Gasteiger partial charge in [-0.15, -0.1) is 0 Å². The maximum atomic E-state index is 12.6. The third-order valence-corrected chi connectivity index (χ3v) is 4.21. The topological polar surface area (TPSA) is 90.0 Å². The van der Waals surface area contributed by atoms with E-state index in [9.17, 15) is 9.59 Å². The minimum Gasteiger partial charge on any atom is -0.444 e. The van der Waals surface area contributed by atoms with E-state index in [2.05, 4.69) is 15.4 Å². The Labute approximate surface area is 154 Å². The number of benzene rings is 2. The van der Waals surface area contributed by atoms with Gasteiger partial charge in [0, 0.05) is 16.6 Å². The van der Waals surface area contributed by atoms with Gasteiger partial charge in [0.25, 0.3) is 5.56 Å². The van der Waals surface area contributed by atoms with Crippen LogP contribution in [-0.2, 0) is 11.3 Å². The molecule has 7 nitrogen and oxygen atoms in total. The molecular formula is C20H16N4O3. The summed E-state index contributed by atoms with van der Waals surface area (Å²) in [5.41, 5.74) is 1.80. The van der Waals surface area contributed by atoms with E-state index in [1.54, 1.807) is 36.5 Å². The summed E-state index contributed by atoms with van der Waals surface area (Å²) in [7, 11) is 0. The van der Waals surface area contributed by atoms with E-state index in [0.717, 1.165) is 10.9 Å². The molecule has 0 spiro atoms. The molecule has 0 unspecified atom stereocenters. The van der Waals surface area contributed by atoms with Crippen LogP contribution in [0.4, 0.5) is 5.69 Å². The Balaban J connectivity index is 1.57. The molecule has 0 radical (unpaired) electrons. The summed E-state index contributed by atoms with van der Waals surface area (Å²) < 4.78 is 6.45. The smallest absolute Gasteiger partial charge is 0.275 e. The first kappa shape index (κ1) is 16.7. The molecular weight excluding hydrogens is 344 g/mol. The van der Waals surface area contributed by atoms with Crippen molar-refractivity contribution in [1.82, 2.24) is 14.8 Å². The van der Waals surface area contributed by atoms with Crippen molar-refractivity contribution in [3.8, 4) is 11.3 Å². The number of nitrogens with zero attached hydrogens (tertiary/aromatic N) is 3. The average molecular weight is 360 g/mol. The molecule has 4 rings (SSSR count). The van der Waals surface area contributed by atoms with E-state index in [4.69, 9.17) is 4.42 Å². The van der Waals surface area contributed by atoms with Crippen LogP contribution in [0.1, 0.15) is 5.69 Å². The molecule has 7 heteroatoms. The van der Waals surface area contributed by atoms with Crippen LogP contribution in [-0.4, -0.2) is 20.7 Å². The monoisotopic (exact) mass is 360 g/mol. The Kier molecular flexibility index (Phi) is 4.25. The van der Waals surface area contributed by atoms with Crippen molar-refractivity contribution in [2.45, 2.75) is 13.5 Å². The average Bonchev–Trinajstić information content (AvgIpc) is 3.21. The lowest BCUT2D eigenvalue weighted by Gasteiger charge is -2.10. The zero-order valence-corrected chi connectivity index (χ0v) is 14.5. The highest BCUT2D eigenvalue weighted by molar-refractivity contribution is 5.91. The standard InChI is InChI=1S/C20H16N4O3/c1-13-16-7-2-3-8-17(16)20(26)24(23-13)11-19(25)22-15-6-4-5-14(9-15)18-10-21-12-27-18/h2-10,12H,11H2,1H3,(H,22,25). The number of anilines is 1. The second-order valence-electron chi connectivity index (χ2n) is 6.09. The van der Waals surface area contributed by atoms with Crippen LogP contribution in [0.2, 0.25) is 0 Å². The van der Waals surface area contributed by atoms with Gasteiger partial charge in [0.15, 0.2) is 12.2 Å². The molecule has 0 aliphatic rings. The van der Waals surface area contributed by atoms with Crippen LogP contribution in [0.5, 0.6) is 0 Å². The minimum atomic E-state index is -0.339. The highest BCUT2D eigenvalue weighted by Gasteiger charge is 2.11. The third kappa shape index (κ3) is 3.35. The number of aromatic nitrogens is 3. The number of rotatable bonds is 4. The van der Waals surface area contributed by atoms with E-state index in [0.29, 0.717) is 22.5 Å². The molecule has 0 atom stereocenters. The summed E-state index contributed by atoms with van der Waals surface area (Å²) in [5, 5.41) is 8.38. The molecule has 2 aromatic heterocycles. The molecule has 0 aliphatic carbocycles. The van der Waals surface area contributed by atoms with Crippen molar-refractivity contribution in [3.05, 3.63) is 77.2 Å². The Morgan fingerprint density at radius 1 is 1.15 bits per heavy atom. The van der Waals surface area contributed by atoms with Crippen LogP contribution in [0.15, 0.2) is 70.3 Å². The van der Waals surface area contributed by atoms with Crippen LogP contribution in [0.25, 0.3) is 22.1 Å². The number of fused-ring (bicyclic) bond motifs is 1. The third-order valence-electron chi connectivity index (χ3n) is 4.21. The summed E-state index contributed by atoms with van der Waals surface area (Å²) in [5.74, 6) is 0.267. The van der Waals surface area contributed by atoms with Crippen LogP contribution >= 0.6 is 0 Å². The van der Waals surface area contributed by atoms with Crippen molar-refractivity contribution in [3.63, 3.8) is 0 Å². The van der Waals surface area contributed by atoms with E-state index >= 15 is 0 Å². The Morgan fingerprint density at radius 2 is 1.96 bits per heavy atom. The van der Waals surface area contributed by atoms with Gasteiger partial charge in [0.05, 0.1) is 17.3 Å². The first-order chi connectivity index (χ1) is 13.1. The highest BCUT2D eigenvalue weighted by atomic mass is 16.3. The highest BCUT2D eigenvalue weighted by Crippen LogP contribution is 2.22.